The SMILES string of the molecule is [N-]=[N+]=N[C@H]1CC[C@H]1F. The van der Waals surface area contributed by atoms with Gasteiger partial charge in [0, 0.05) is 4.91 Å². The first-order valence-corrected chi connectivity index (χ1v) is 2.53. The summed E-state index contributed by atoms with van der Waals surface area (Å²) in [5.41, 5.74) is 7.81. The number of hydrogen-bond donors (Lipinski definition) is 0. The van der Waals surface area contributed by atoms with Crippen molar-refractivity contribution >= 4 is 0 Å². The Morgan fingerprint density at radius 2 is 2.38 bits per heavy atom. The predicted octanol–water partition coefficient (Wildman–Crippen LogP) is 1.80. The quantitative estimate of drug-likeness (QED) is 0.284. The molecule has 0 aromatic heterocycles. The molecule has 8 heavy (non-hydrogen) atoms. The molecule has 0 N–H and O–H groups in total. The highest BCUT2D eigenvalue weighted by molar-refractivity contribution is 4.86. The predicted molar refractivity (Wildman–Crippen MR) is 27.1 cm³/mol. The Labute approximate surface area is 46.1 Å². The average Bonchev–Trinajstić information content (AvgIpc) is 1.79. The van der Waals surface area contributed by atoms with E-state index in [4.69, 9.17) is 5.53 Å². The third kappa shape index (κ3) is 0.746. The molecular weight excluding hydrogens is 109 g/mol. The van der Waals surface area contributed by atoms with E-state index < -0.39 is 6.17 Å². The first-order chi connectivity index (χ1) is 3.84. The Morgan fingerprint density at radius 3 is 2.50 bits per heavy atom. The van der Waals surface area contributed by atoms with Crippen LogP contribution in [0.4, 0.5) is 4.39 Å². The second-order valence-corrected chi connectivity index (χ2v) is 1.87. The van der Waals surface area contributed by atoms with Crippen LogP contribution < -0.4 is 0 Å². The lowest BCUT2D eigenvalue weighted by atomic mass is 9.92. The monoisotopic (exact) mass is 115 g/mol. The van der Waals surface area contributed by atoms with Gasteiger partial charge in [0.15, 0.2) is 0 Å². The zero-order chi connectivity index (χ0) is 5.98. The smallest absolute Gasteiger partial charge is 0.109 e. The Balaban J connectivity index is 2.37. The number of hydrogen-bond acceptors (Lipinski definition) is 1. The molecule has 1 fully saturated rings. The lowest BCUT2D eigenvalue weighted by Crippen LogP contribution is -2.30. The van der Waals surface area contributed by atoms with Gasteiger partial charge in [-0.25, -0.2) is 4.39 Å². The molecule has 1 rings (SSSR count). The van der Waals surface area contributed by atoms with Crippen LogP contribution >= 0.6 is 0 Å². The first-order valence-electron chi connectivity index (χ1n) is 2.53. The summed E-state index contributed by atoms with van der Waals surface area (Å²) in [4.78, 5) is 2.49. The Bertz CT molecular complexity index is 129. The summed E-state index contributed by atoms with van der Waals surface area (Å²) < 4.78 is 12.1. The zero-order valence-electron chi connectivity index (χ0n) is 4.29. The van der Waals surface area contributed by atoms with E-state index in [0.29, 0.717) is 12.8 Å². The van der Waals surface area contributed by atoms with Gasteiger partial charge in [-0.1, -0.05) is 5.11 Å². The van der Waals surface area contributed by atoms with Crippen molar-refractivity contribution in [3.63, 3.8) is 0 Å². The number of rotatable bonds is 1. The molecule has 44 valence electrons. The minimum atomic E-state index is -0.870. The molecule has 1 saturated carbocycles. The molecule has 0 amide bonds. The minimum Gasteiger partial charge on any atom is -0.247 e. The van der Waals surface area contributed by atoms with E-state index in [0.717, 1.165) is 0 Å². The van der Waals surface area contributed by atoms with Gasteiger partial charge in [-0.05, 0) is 18.4 Å². The van der Waals surface area contributed by atoms with E-state index in [1.807, 2.05) is 0 Å². The van der Waals surface area contributed by atoms with Crippen molar-refractivity contribution in [2.24, 2.45) is 5.11 Å². The van der Waals surface area contributed by atoms with Crippen molar-refractivity contribution in [3.05, 3.63) is 10.4 Å². The fourth-order valence-corrected chi connectivity index (χ4v) is 0.638. The van der Waals surface area contributed by atoms with Gasteiger partial charge in [0.25, 0.3) is 0 Å². The molecule has 1 aliphatic carbocycles. The van der Waals surface area contributed by atoms with Crippen LogP contribution in [0.5, 0.6) is 0 Å². The molecule has 0 heterocycles. The summed E-state index contributed by atoms with van der Waals surface area (Å²) in [6.45, 7) is 0. The van der Waals surface area contributed by atoms with Gasteiger partial charge < -0.3 is 0 Å². The number of nitrogens with zero attached hydrogens (tertiary/aromatic N) is 3. The molecule has 0 radical (unpaired) electrons. The van der Waals surface area contributed by atoms with Crippen molar-refractivity contribution in [3.8, 4) is 0 Å². The van der Waals surface area contributed by atoms with Crippen molar-refractivity contribution in [1.82, 2.24) is 0 Å². The number of halogens is 1. The highest BCUT2D eigenvalue weighted by atomic mass is 19.1. The molecule has 3 nitrogen and oxygen atoms in total. The van der Waals surface area contributed by atoms with Crippen LogP contribution in [0.3, 0.4) is 0 Å². The van der Waals surface area contributed by atoms with Crippen LogP contribution in [-0.4, -0.2) is 12.2 Å². The molecule has 1 aliphatic rings. The second kappa shape index (κ2) is 2.01. The standard InChI is InChI=1S/C4H6FN3/c5-3-1-2-4(3)7-8-6/h3-4H,1-2H2/t3-,4+/m1/s1. The van der Waals surface area contributed by atoms with Crippen molar-refractivity contribution < 1.29 is 4.39 Å². The van der Waals surface area contributed by atoms with Gasteiger partial charge >= 0.3 is 0 Å². The zero-order valence-corrected chi connectivity index (χ0v) is 4.29. The van der Waals surface area contributed by atoms with Gasteiger partial charge in [0.1, 0.15) is 6.17 Å². The summed E-state index contributed by atoms with van der Waals surface area (Å²) in [7, 11) is 0. The van der Waals surface area contributed by atoms with Crippen molar-refractivity contribution in [2.45, 2.75) is 25.1 Å². The molecule has 0 spiro atoms. The van der Waals surface area contributed by atoms with Gasteiger partial charge in [-0.3, -0.25) is 0 Å². The molecule has 0 bridgehead atoms. The number of azide groups is 1. The summed E-state index contributed by atoms with van der Waals surface area (Å²) in [5.74, 6) is 0. The van der Waals surface area contributed by atoms with Crippen LogP contribution in [-0.2, 0) is 0 Å². The van der Waals surface area contributed by atoms with E-state index in [1.54, 1.807) is 0 Å². The molecule has 0 unspecified atom stereocenters. The highest BCUT2D eigenvalue weighted by Gasteiger charge is 2.29. The third-order valence-electron chi connectivity index (χ3n) is 1.36. The average molecular weight is 115 g/mol. The second-order valence-electron chi connectivity index (χ2n) is 1.87. The normalized spacial score (nSPS) is 35.1. The van der Waals surface area contributed by atoms with Gasteiger partial charge in [0.05, 0.1) is 6.04 Å². The molecule has 0 aliphatic heterocycles. The molecule has 4 heteroatoms. The number of alkyl halides is 1. The fourth-order valence-electron chi connectivity index (χ4n) is 0.638. The van der Waals surface area contributed by atoms with E-state index in [9.17, 15) is 4.39 Å². The van der Waals surface area contributed by atoms with Gasteiger partial charge in [-0.15, -0.1) is 0 Å². The van der Waals surface area contributed by atoms with Crippen molar-refractivity contribution in [2.75, 3.05) is 0 Å². The fraction of sp³-hybridized carbons (Fsp3) is 1.00. The van der Waals surface area contributed by atoms with E-state index in [2.05, 4.69) is 10.0 Å². The van der Waals surface area contributed by atoms with Crippen LogP contribution in [0, 0.1) is 0 Å². The molecule has 0 aromatic carbocycles. The molecule has 0 aromatic rings. The van der Waals surface area contributed by atoms with Crippen LogP contribution in [0.25, 0.3) is 10.4 Å². The van der Waals surface area contributed by atoms with Gasteiger partial charge in [-0.2, -0.15) is 0 Å². The summed E-state index contributed by atoms with van der Waals surface area (Å²) >= 11 is 0. The Kier molecular flexibility index (Phi) is 1.35. The minimum absolute atomic E-state index is 0.361. The van der Waals surface area contributed by atoms with Crippen molar-refractivity contribution in [1.29, 1.82) is 0 Å². The van der Waals surface area contributed by atoms with E-state index >= 15 is 0 Å². The maximum atomic E-state index is 12.1. The Hall–Kier alpha value is -0.760. The van der Waals surface area contributed by atoms with E-state index in [-0.39, 0.29) is 6.04 Å². The van der Waals surface area contributed by atoms with Crippen LogP contribution in [0.1, 0.15) is 12.8 Å². The maximum absolute atomic E-state index is 12.1. The first kappa shape index (κ1) is 5.38. The molecular formula is C4H6FN3. The van der Waals surface area contributed by atoms with Crippen LogP contribution in [0.15, 0.2) is 5.11 Å². The Morgan fingerprint density at radius 1 is 1.62 bits per heavy atom. The molecule has 0 saturated heterocycles. The maximum Gasteiger partial charge on any atom is 0.109 e. The summed E-state index contributed by atoms with van der Waals surface area (Å²) in [6, 6.07) is -0.361. The highest BCUT2D eigenvalue weighted by Crippen LogP contribution is 2.26. The van der Waals surface area contributed by atoms with Gasteiger partial charge in [0.2, 0.25) is 0 Å². The third-order valence-corrected chi connectivity index (χ3v) is 1.36. The lowest BCUT2D eigenvalue weighted by Gasteiger charge is -2.24. The largest absolute Gasteiger partial charge is 0.247 e. The topological polar surface area (TPSA) is 48.8 Å². The van der Waals surface area contributed by atoms with E-state index in [1.165, 1.54) is 0 Å². The molecule has 2 atom stereocenters. The lowest BCUT2D eigenvalue weighted by molar-refractivity contribution is 0.173. The summed E-state index contributed by atoms with van der Waals surface area (Å²) in [5, 5.41) is 3.22. The summed E-state index contributed by atoms with van der Waals surface area (Å²) in [6.07, 6.45) is 0.403. The van der Waals surface area contributed by atoms with Crippen LogP contribution in [0.2, 0.25) is 0 Å².